The van der Waals surface area contributed by atoms with Crippen molar-refractivity contribution < 1.29 is 9.53 Å². The first-order chi connectivity index (χ1) is 9.37. The Morgan fingerprint density at radius 3 is 2.60 bits per heavy atom. The molecule has 116 valence electrons. The average Bonchev–Trinajstić information content (AvgIpc) is 2.37. The molecule has 3 atom stereocenters. The van der Waals surface area contributed by atoms with E-state index >= 15 is 0 Å². The molecule has 0 bridgehead atoms. The molecule has 1 amide bonds. The Morgan fingerprint density at radius 2 is 2.00 bits per heavy atom. The Morgan fingerprint density at radius 1 is 1.25 bits per heavy atom. The minimum atomic E-state index is -0.410. The summed E-state index contributed by atoms with van der Waals surface area (Å²) in [5.41, 5.74) is -0.410. The van der Waals surface area contributed by atoms with Crippen molar-refractivity contribution in [1.82, 2.24) is 10.2 Å². The van der Waals surface area contributed by atoms with E-state index in [0.717, 1.165) is 26.1 Å². The Bertz CT molecular complexity index is 332. The van der Waals surface area contributed by atoms with Crippen molar-refractivity contribution in [3.63, 3.8) is 0 Å². The van der Waals surface area contributed by atoms with E-state index in [-0.39, 0.29) is 6.09 Å². The van der Waals surface area contributed by atoms with Crippen molar-refractivity contribution in [1.29, 1.82) is 0 Å². The molecule has 20 heavy (non-hydrogen) atoms. The van der Waals surface area contributed by atoms with Crippen LogP contribution in [0.4, 0.5) is 4.79 Å². The summed E-state index contributed by atoms with van der Waals surface area (Å²) in [6.45, 7) is 11.0. The van der Waals surface area contributed by atoms with E-state index < -0.39 is 5.60 Å². The van der Waals surface area contributed by atoms with Crippen LogP contribution >= 0.6 is 0 Å². The number of carbonyl (C=O) groups is 1. The lowest BCUT2D eigenvalue weighted by molar-refractivity contribution is -0.00736. The Kier molecular flexibility index (Phi) is 4.95. The first-order valence-corrected chi connectivity index (χ1v) is 8.07. The molecule has 2 fully saturated rings. The lowest BCUT2D eigenvalue weighted by Gasteiger charge is -2.44. The molecule has 4 heteroatoms. The largest absolute Gasteiger partial charge is 0.444 e. The molecular formula is C16H30N2O2. The third-order valence-electron chi connectivity index (χ3n) is 4.37. The first-order valence-electron chi connectivity index (χ1n) is 8.07. The van der Waals surface area contributed by atoms with Crippen molar-refractivity contribution in [3.05, 3.63) is 0 Å². The zero-order chi connectivity index (χ0) is 14.8. The van der Waals surface area contributed by atoms with Crippen LogP contribution in [0.5, 0.6) is 0 Å². The van der Waals surface area contributed by atoms with Crippen molar-refractivity contribution in [3.8, 4) is 0 Å². The highest BCUT2D eigenvalue weighted by molar-refractivity contribution is 5.68. The molecular weight excluding hydrogens is 252 g/mol. The van der Waals surface area contributed by atoms with Crippen molar-refractivity contribution >= 4 is 6.09 Å². The second-order valence-electron chi connectivity index (χ2n) is 7.49. The van der Waals surface area contributed by atoms with Gasteiger partial charge in [0.2, 0.25) is 0 Å². The van der Waals surface area contributed by atoms with Gasteiger partial charge in [-0.3, -0.25) is 0 Å². The van der Waals surface area contributed by atoms with Crippen LogP contribution in [-0.2, 0) is 4.74 Å². The Labute approximate surface area is 123 Å². The van der Waals surface area contributed by atoms with E-state index in [9.17, 15) is 4.79 Å². The summed E-state index contributed by atoms with van der Waals surface area (Å²) in [4.78, 5) is 14.5. The van der Waals surface area contributed by atoms with Gasteiger partial charge in [0.15, 0.2) is 0 Å². The molecule has 0 radical (unpaired) electrons. The highest BCUT2D eigenvalue weighted by Gasteiger charge is 2.37. The van der Waals surface area contributed by atoms with Gasteiger partial charge < -0.3 is 15.0 Å². The summed E-state index contributed by atoms with van der Waals surface area (Å²) in [5.74, 6) is 1.17. The molecule has 2 rings (SSSR count). The number of hydrogen-bond donors (Lipinski definition) is 1. The molecule has 0 spiro atoms. The van der Waals surface area contributed by atoms with Gasteiger partial charge in [-0.2, -0.15) is 0 Å². The summed E-state index contributed by atoms with van der Waals surface area (Å²) in [7, 11) is 0. The molecule has 0 aromatic heterocycles. The maximum Gasteiger partial charge on any atom is 0.410 e. The Hall–Kier alpha value is -0.770. The van der Waals surface area contributed by atoms with Crippen LogP contribution in [0.2, 0.25) is 0 Å². The predicted octanol–water partition coefficient (Wildman–Crippen LogP) is 3.02. The van der Waals surface area contributed by atoms with Crippen LogP contribution in [0.1, 0.15) is 53.4 Å². The van der Waals surface area contributed by atoms with Gasteiger partial charge in [0.25, 0.3) is 0 Å². The molecule has 2 aliphatic heterocycles. The van der Waals surface area contributed by atoms with Crippen LogP contribution < -0.4 is 5.32 Å². The number of carbonyl (C=O) groups excluding carboxylic acids is 1. The minimum Gasteiger partial charge on any atom is -0.444 e. The van der Waals surface area contributed by atoms with Gasteiger partial charge in [-0.05, 0) is 71.4 Å². The van der Waals surface area contributed by atoms with Crippen molar-refractivity contribution in [2.75, 3.05) is 19.6 Å². The minimum absolute atomic E-state index is 0.125. The summed E-state index contributed by atoms with van der Waals surface area (Å²) >= 11 is 0. The highest BCUT2D eigenvalue weighted by atomic mass is 16.6. The van der Waals surface area contributed by atoms with Gasteiger partial charge in [-0.15, -0.1) is 0 Å². The number of likely N-dealkylation sites (tertiary alicyclic amines) is 1. The van der Waals surface area contributed by atoms with Crippen LogP contribution in [-0.4, -0.2) is 42.3 Å². The quantitative estimate of drug-likeness (QED) is 0.804. The second kappa shape index (κ2) is 6.33. The monoisotopic (exact) mass is 282 g/mol. The topological polar surface area (TPSA) is 41.6 Å². The van der Waals surface area contributed by atoms with Gasteiger partial charge >= 0.3 is 6.09 Å². The van der Waals surface area contributed by atoms with E-state index in [1.165, 1.54) is 19.3 Å². The van der Waals surface area contributed by atoms with E-state index in [4.69, 9.17) is 4.74 Å². The van der Waals surface area contributed by atoms with Gasteiger partial charge in [-0.1, -0.05) is 6.92 Å². The molecule has 0 saturated carbocycles. The van der Waals surface area contributed by atoms with Crippen molar-refractivity contribution in [2.24, 2.45) is 11.8 Å². The third-order valence-corrected chi connectivity index (χ3v) is 4.37. The fourth-order valence-electron chi connectivity index (χ4n) is 3.40. The summed E-state index contributed by atoms with van der Waals surface area (Å²) < 4.78 is 5.61. The zero-order valence-corrected chi connectivity index (χ0v) is 13.4. The number of amides is 1. The third kappa shape index (κ3) is 4.11. The van der Waals surface area contributed by atoms with Gasteiger partial charge in [0, 0.05) is 12.6 Å². The standard InChI is InChI=1S/C16H30N2O2/c1-12-7-8-14(13-6-5-9-17-10-13)18(11-12)15(19)20-16(2,3)4/h12-14,17H,5-11H2,1-4H3/t12-,13+,14+/m0/s1. The lowest BCUT2D eigenvalue weighted by atomic mass is 9.83. The molecule has 2 aliphatic rings. The number of hydrogen-bond acceptors (Lipinski definition) is 3. The first kappa shape index (κ1) is 15.6. The summed E-state index contributed by atoms with van der Waals surface area (Å²) in [6, 6.07) is 0.355. The SMILES string of the molecule is C[C@H]1CC[C@H]([C@@H]2CCCNC2)N(C(=O)OC(C)(C)C)C1. The normalized spacial score (nSPS) is 32.0. The van der Waals surface area contributed by atoms with Gasteiger partial charge in [0.05, 0.1) is 0 Å². The number of piperidine rings is 2. The molecule has 2 saturated heterocycles. The zero-order valence-electron chi connectivity index (χ0n) is 13.4. The van der Waals surface area contributed by atoms with Crippen LogP contribution in [0.3, 0.4) is 0 Å². The van der Waals surface area contributed by atoms with E-state index in [1.54, 1.807) is 0 Å². The van der Waals surface area contributed by atoms with Crippen LogP contribution in [0, 0.1) is 11.8 Å². The molecule has 0 aromatic rings. The molecule has 1 N–H and O–H groups in total. The van der Waals surface area contributed by atoms with E-state index in [1.807, 2.05) is 25.7 Å². The maximum atomic E-state index is 12.5. The average molecular weight is 282 g/mol. The predicted molar refractivity (Wildman–Crippen MR) is 80.7 cm³/mol. The van der Waals surface area contributed by atoms with Crippen LogP contribution in [0.15, 0.2) is 0 Å². The van der Waals surface area contributed by atoms with E-state index in [0.29, 0.717) is 17.9 Å². The molecule has 0 aliphatic carbocycles. The summed E-state index contributed by atoms with van der Waals surface area (Å²) in [6.07, 6.45) is 4.66. The second-order valence-corrected chi connectivity index (χ2v) is 7.49. The highest BCUT2D eigenvalue weighted by Crippen LogP contribution is 2.31. The van der Waals surface area contributed by atoms with Gasteiger partial charge in [0.1, 0.15) is 5.60 Å². The number of rotatable bonds is 1. The molecule has 4 nitrogen and oxygen atoms in total. The number of nitrogens with one attached hydrogen (secondary N) is 1. The molecule has 2 heterocycles. The smallest absolute Gasteiger partial charge is 0.410 e. The fourth-order valence-corrected chi connectivity index (χ4v) is 3.40. The number of ether oxygens (including phenoxy) is 1. The van der Waals surface area contributed by atoms with Crippen molar-refractivity contribution in [2.45, 2.75) is 65.0 Å². The maximum absolute atomic E-state index is 12.5. The van der Waals surface area contributed by atoms with E-state index in [2.05, 4.69) is 12.2 Å². The Balaban J connectivity index is 2.05. The summed E-state index contributed by atoms with van der Waals surface area (Å²) in [5, 5.41) is 3.47. The molecule has 0 aromatic carbocycles. The number of nitrogens with zero attached hydrogens (tertiary/aromatic N) is 1. The molecule has 0 unspecified atom stereocenters. The van der Waals surface area contributed by atoms with Gasteiger partial charge in [-0.25, -0.2) is 4.79 Å². The fraction of sp³-hybridized carbons (Fsp3) is 0.938. The van der Waals surface area contributed by atoms with Crippen LogP contribution in [0.25, 0.3) is 0 Å². The lowest BCUT2D eigenvalue weighted by Crippen LogP contribution is -2.53.